The molecule has 0 atom stereocenters. The minimum absolute atomic E-state index is 0.119. The predicted octanol–water partition coefficient (Wildman–Crippen LogP) is 3.31. The van der Waals surface area contributed by atoms with Crippen LogP contribution in [0.3, 0.4) is 0 Å². The summed E-state index contributed by atoms with van der Waals surface area (Å²) in [6, 6.07) is 10.7. The summed E-state index contributed by atoms with van der Waals surface area (Å²) in [7, 11) is 0. The molecule has 1 N–H and O–H groups in total. The van der Waals surface area contributed by atoms with E-state index in [0.29, 0.717) is 22.7 Å². The summed E-state index contributed by atoms with van der Waals surface area (Å²) in [5.74, 6) is -2.82. The number of aromatic nitrogens is 2. The number of carbonyl (C=O) groups is 1. The van der Waals surface area contributed by atoms with E-state index < -0.39 is 22.7 Å². The van der Waals surface area contributed by atoms with Crippen molar-refractivity contribution in [3.8, 4) is 17.1 Å². The Morgan fingerprint density at radius 2 is 1.91 bits per heavy atom. The summed E-state index contributed by atoms with van der Waals surface area (Å²) in [6.45, 7) is 1.62. The van der Waals surface area contributed by atoms with Crippen molar-refractivity contribution in [3.05, 3.63) is 47.0 Å². The number of benzene rings is 1. The maximum atomic E-state index is 12.6. The first-order valence-electron chi connectivity index (χ1n) is 6.51. The van der Waals surface area contributed by atoms with Gasteiger partial charge in [0.2, 0.25) is 0 Å². The zero-order chi connectivity index (χ0) is 16.8. The molecule has 2 aromatic heterocycles. The zero-order valence-electron chi connectivity index (χ0n) is 11.8. The third kappa shape index (κ3) is 2.65. The second kappa shape index (κ2) is 5.31. The van der Waals surface area contributed by atoms with E-state index >= 15 is 0 Å². The van der Waals surface area contributed by atoms with Crippen molar-refractivity contribution in [3.63, 3.8) is 0 Å². The van der Waals surface area contributed by atoms with Gasteiger partial charge in [-0.3, -0.25) is 4.79 Å². The number of hydrogen-bond acceptors (Lipinski definition) is 4. The summed E-state index contributed by atoms with van der Waals surface area (Å²) < 4.78 is 38.9. The minimum Gasteiger partial charge on any atom is -0.476 e. The standard InChI is InChI=1S/C15H9F3N2O2S/c1-8-7-10(9-5-3-2-4-6-9)19-14-20(8)13(22)11(23-14)12(21)15(16,17)18/h2-7H,1H3/p+1. The zero-order valence-corrected chi connectivity index (χ0v) is 12.6. The van der Waals surface area contributed by atoms with Gasteiger partial charge in [0.1, 0.15) is 5.69 Å². The van der Waals surface area contributed by atoms with E-state index in [1.807, 2.05) is 30.3 Å². The lowest BCUT2D eigenvalue weighted by atomic mass is 10.1. The number of halogens is 3. The molecule has 0 aliphatic carbocycles. The number of rotatable bonds is 2. The van der Waals surface area contributed by atoms with E-state index in [9.17, 15) is 23.1 Å². The molecule has 2 heterocycles. The number of aromatic hydroxyl groups is 1. The van der Waals surface area contributed by atoms with Crippen LogP contribution < -0.4 is 4.40 Å². The van der Waals surface area contributed by atoms with Crippen molar-refractivity contribution in [2.75, 3.05) is 0 Å². The SMILES string of the molecule is Cc1cc(-c2ccccc2)nc2sc(C(=O)C(F)(F)F)c(O)[n+]12. The fourth-order valence-electron chi connectivity index (χ4n) is 2.20. The number of fused-ring (bicyclic) bond motifs is 1. The van der Waals surface area contributed by atoms with Crippen molar-refractivity contribution in [2.24, 2.45) is 0 Å². The van der Waals surface area contributed by atoms with Gasteiger partial charge in [-0.25, -0.2) is 0 Å². The van der Waals surface area contributed by atoms with Gasteiger partial charge < -0.3 is 5.11 Å². The molecule has 23 heavy (non-hydrogen) atoms. The molecule has 0 spiro atoms. The molecule has 0 amide bonds. The number of nitrogens with zero attached hydrogens (tertiary/aromatic N) is 2. The van der Waals surface area contributed by atoms with Crippen LogP contribution in [0.4, 0.5) is 13.2 Å². The number of thiazole rings is 1. The lowest BCUT2D eigenvalue weighted by Gasteiger charge is -2.01. The smallest absolute Gasteiger partial charge is 0.456 e. The summed E-state index contributed by atoms with van der Waals surface area (Å²) in [4.78, 5) is 15.0. The maximum Gasteiger partial charge on any atom is 0.456 e. The molecule has 1 aromatic carbocycles. The molecule has 4 nitrogen and oxygen atoms in total. The van der Waals surface area contributed by atoms with Gasteiger partial charge in [-0.2, -0.15) is 17.6 Å². The highest BCUT2D eigenvalue weighted by Gasteiger charge is 2.44. The van der Waals surface area contributed by atoms with E-state index in [1.54, 1.807) is 13.0 Å². The highest BCUT2D eigenvalue weighted by atomic mass is 32.1. The van der Waals surface area contributed by atoms with Crippen LogP contribution in [0.5, 0.6) is 5.88 Å². The Balaban J connectivity index is 2.21. The molecule has 0 aliphatic heterocycles. The van der Waals surface area contributed by atoms with Crippen LogP contribution in [0.1, 0.15) is 15.4 Å². The number of alkyl halides is 3. The first kappa shape index (κ1) is 15.4. The van der Waals surface area contributed by atoms with Crippen molar-refractivity contribution in [1.29, 1.82) is 0 Å². The molecular weight excluding hydrogens is 329 g/mol. The van der Waals surface area contributed by atoms with Crippen LogP contribution in [0, 0.1) is 6.92 Å². The van der Waals surface area contributed by atoms with Crippen LogP contribution in [0.25, 0.3) is 16.2 Å². The Morgan fingerprint density at radius 1 is 1.26 bits per heavy atom. The molecule has 0 radical (unpaired) electrons. The fourth-order valence-corrected chi connectivity index (χ4v) is 3.24. The van der Waals surface area contributed by atoms with Crippen molar-refractivity contribution < 1.29 is 27.5 Å². The number of hydrogen-bond donors (Lipinski definition) is 1. The van der Waals surface area contributed by atoms with Gasteiger partial charge in [0.15, 0.2) is 10.6 Å². The average Bonchev–Trinajstić information content (AvgIpc) is 2.83. The molecule has 0 saturated carbocycles. The van der Waals surface area contributed by atoms with Gasteiger partial charge in [-0.1, -0.05) is 30.3 Å². The van der Waals surface area contributed by atoms with Crippen LogP contribution in [-0.4, -0.2) is 22.1 Å². The maximum absolute atomic E-state index is 12.6. The summed E-state index contributed by atoms with van der Waals surface area (Å²) >= 11 is 0.514. The van der Waals surface area contributed by atoms with Crippen LogP contribution >= 0.6 is 11.3 Å². The number of Topliss-reactive ketones (excluding diaryl/α,β-unsaturated/α-hetero) is 1. The lowest BCUT2D eigenvalue weighted by molar-refractivity contribution is -0.528. The van der Waals surface area contributed by atoms with Gasteiger partial charge in [0, 0.05) is 11.6 Å². The number of aryl methyl sites for hydroxylation is 1. The monoisotopic (exact) mass is 339 g/mol. The lowest BCUT2D eigenvalue weighted by Crippen LogP contribution is -2.27. The Labute approximate surface area is 132 Å². The molecule has 3 aromatic rings. The third-order valence-corrected chi connectivity index (χ3v) is 4.28. The van der Waals surface area contributed by atoms with E-state index in [0.717, 1.165) is 9.96 Å². The first-order chi connectivity index (χ1) is 10.8. The van der Waals surface area contributed by atoms with E-state index in [4.69, 9.17) is 0 Å². The quantitative estimate of drug-likeness (QED) is 0.576. The summed E-state index contributed by atoms with van der Waals surface area (Å²) in [5.41, 5.74) is 1.81. The van der Waals surface area contributed by atoms with Crippen molar-refractivity contribution in [1.82, 2.24) is 4.98 Å². The second-order valence-electron chi connectivity index (χ2n) is 4.85. The Bertz CT molecular complexity index is 904. The first-order valence-corrected chi connectivity index (χ1v) is 7.33. The van der Waals surface area contributed by atoms with Crippen LogP contribution in [0.15, 0.2) is 36.4 Å². The van der Waals surface area contributed by atoms with Crippen molar-refractivity contribution in [2.45, 2.75) is 13.1 Å². The predicted molar refractivity (Wildman–Crippen MR) is 77.5 cm³/mol. The molecule has 3 rings (SSSR count). The summed E-state index contributed by atoms with van der Waals surface area (Å²) in [6.07, 6.45) is -5.05. The third-order valence-electron chi connectivity index (χ3n) is 3.25. The highest BCUT2D eigenvalue weighted by Crippen LogP contribution is 2.31. The van der Waals surface area contributed by atoms with Gasteiger partial charge in [0.05, 0.1) is 0 Å². The molecule has 118 valence electrons. The molecule has 8 heteroatoms. The van der Waals surface area contributed by atoms with Gasteiger partial charge in [0.25, 0.3) is 5.78 Å². The van der Waals surface area contributed by atoms with E-state index in [-0.39, 0.29) is 4.96 Å². The molecule has 0 fully saturated rings. The fraction of sp³-hybridized carbons (Fsp3) is 0.133. The highest BCUT2D eigenvalue weighted by molar-refractivity contribution is 7.18. The van der Waals surface area contributed by atoms with Gasteiger partial charge in [-0.15, -0.1) is 0 Å². The average molecular weight is 339 g/mol. The molecule has 0 unspecified atom stereocenters. The van der Waals surface area contributed by atoms with E-state index in [1.165, 1.54) is 0 Å². The second-order valence-corrected chi connectivity index (χ2v) is 5.83. The number of ketones is 1. The van der Waals surface area contributed by atoms with Gasteiger partial charge >= 0.3 is 17.0 Å². The van der Waals surface area contributed by atoms with Crippen LogP contribution in [0.2, 0.25) is 0 Å². The number of carbonyl (C=O) groups excluding carboxylic acids is 1. The largest absolute Gasteiger partial charge is 0.476 e. The Kier molecular flexibility index (Phi) is 3.56. The Hall–Kier alpha value is -2.48. The Morgan fingerprint density at radius 3 is 2.52 bits per heavy atom. The molecular formula is C15H10F3N2O2S+. The summed E-state index contributed by atoms with van der Waals surface area (Å²) in [5, 5.41) is 9.98. The molecule has 0 aliphatic rings. The minimum atomic E-state index is -5.05. The van der Waals surface area contributed by atoms with Crippen LogP contribution in [-0.2, 0) is 0 Å². The van der Waals surface area contributed by atoms with E-state index in [2.05, 4.69) is 4.98 Å². The molecule has 0 saturated heterocycles. The normalized spacial score (nSPS) is 11.8. The topological polar surface area (TPSA) is 54.3 Å². The van der Waals surface area contributed by atoms with Crippen molar-refractivity contribution >= 4 is 22.1 Å². The van der Waals surface area contributed by atoms with Gasteiger partial charge in [-0.05, 0) is 23.2 Å². The molecule has 0 bridgehead atoms.